The van der Waals surface area contributed by atoms with Crippen LogP contribution in [0.1, 0.15) is 81.6 Å². The van der Waals surface area contributed by atoms with Crippen LogP contribution >= 0.6 is 0 Å². The first kappa shape index (κ1) is 22.3. The Hall–Kier alpha value is -2.50. The molecule has 4 bridgehead atoms. The molecule has 4 aliphatic rings. The van der Waals surface area contributed by atoms with Crippen LogP contribution < -0.4 is 5.56 Å². The zero-order chi connectivity index (χ0) is 23.0. The Labute approximate surface area is 194 Å². The fourth-order valence-electron chi connectivity index (χ4n) is 7.03. The molecule has 2 aromatic rings. The van der Waals surface area contributed by atoms with Gasteiger partial charge in [0.25, 0.3) is 5.56 Å². The van der Waals surface area contributed by atoms with Gasteiger partial charge in [-0.1, -0.05) is 44.4 Å². The summed E-state index contributed by atoms with van der Waals surface area (Å²) in [4.78, 5) is 39.2. The minimum atomic E-state index is -0.619. The molecule has 176 valence electrons. The van der Waals surface area contributed by atoms with Crippen molar-refractivity contribution in [3.05, 3.63) is 40.3 Å². The van der Waals surface area contributed by atoms with E-state index in [4.69, 9.17) is 4.74 Å². The van der Waals surface area contributed by atoms with E-state index in [2.05, 4.69) is 12.0 Å². The molecule has 0 saturated heterocycles. The summed E-state index contributed by atoms with van der Waals surface area (Å²) in [7, 11) is 0. The smallest absolute Gasteiger partial charge is 0.359 e. The molecule has 6 rings (SSSR count). The third kappa shape index (κ3) is 4.24. The quantitative estimate of drug-likeness (QED) is 0.400. The molecule has 1 aromatic carbocycles. The average Bonchev–Trinajstić information content (AvgIpc) is 2.80. The van der Waals surface area contributed by atoms with Gasteiger partial charge in [0, 0.05) is 17.3 Å². The van der Waals surface area contributed by atoms with Crippen molar-refractivity contribution < 1.29 is 14.3 Å². The number of carbonyl (C=O) groups excluding carboxylic acids is 2. The first-order valence-corrected chi connectivity index (χ1v) is 12.7. The first-order valence-electron chi connectivity index (χ1n) is 12.7. The van der Waals surface area contributed by atoms with Crippen molar-refractivity contribution in [2.45, 2.75) is 77.7 Å². The number of nitrogens with zero attached hydrogens (tertiary/aromatic N) is 2. The second-order valence-electron chi connectivity index (χ2n) is 10.7. The Morgan fingerprint density at radius 1 is 1.00 bits per heavy atom. The van der Waals surface area contributed by atoms with Crippen molar-refractivity contribution in [3.63, 3.8) is 0 Å². The highest BCUT2D eigenvalue weighted by molar-refractivity contribution is 6.02. The number of fused-ring (bicyclic) bond motifs is 1. The molecule has 0 aliphatic heterocycles. The molecule has 0 unspecified atom stereocenters. The van der Waals surface area contributed by atoms with Gasteiger partial charge in [-0.05, 0) is 68.8 Å². The molecule has 1 heterocycles. The molecular formula is C27H34N2O4. The summed E-state index contributed by atoms with van der Waals surface area (Å²) in [5.74, 6) is 1.45. The van der Waals surface area contributed by atoms with E-state index in [1.807, 2.05) is 0 Å². The Morgan fingerprint density at radius 2 is 1.64 bits per heavy atom. The second kappa shape index (κ2) is 9.03. The lowest BCUT2D eigenvalue weighted by Gasteiger charge is -2.55. The van der Waals surface area contributed by atoms with Crippen LogP contribution in [-0.4, -0.2) is 28.1 Å². The summed E-state index contributed by atoms with van der Waals surface area (Å²) < 4.78 is 6.94. The van der Waals surface area contributed by atoms with E-state index in [9.17, 15) is 14.4 Å². The fraction of sp³-hybridized carbons (Fsp3) is 0.630. The Kier molecular flexibility index (Phi) is 6.11. The fourth-order valence-corrected chi connectivity index (χ4v) is 7.03. The monoisotopic (exact) mass is 450 g/mol. The number of ether oxygens (including phenoxy) is 1. The molecule has 4 aliphatic carbocycles. The number of aryl methyl sites for hydroxylation is 1. The van der Waals surface area contributed by atoms with Gasteiger partial charge >= 0.3 is 5.97 Å². The molecule has 6 nitrogen and oxygen atoms in total. The van der Waals surface area contributed by atoms with Crippen LogP contribution in [0, 0.1) is 23.2 Å². The highest BCUT2D eigenvalue weighted by Crippen LogP contribution is 2.60. The van der Waals surface area contributed by atoms with Gasteiger partial charge in [-0.3, -0.25) is 9.59 Å². The topological polar surface area (TPSA) is 78.3 Å². The van der Waals surface area contributed by atoms with E-state index in [0.717, 1.165) is 44.9 Å². The number of unbranched alkanes of at least 4 members (excludes halogenated alkanes) is 3. The Morgan fingerprint density at radius 3 is 2.27 bits per heavy atom. The van der Waals surface area contributed by atoms with E-state index >= 15 is 0 Å². The minimum absolute atomic E-state index is 0.0761. The predicted molar refractivity (Wildman–Crippen MR) is 126 cm³/mol. The summed E-state index contributed by atoms with van der Waals surface area (Å²) in [6.45, 7) is 2.41. The standard InChI is InChI=1S/C27H34N2O4/c1-2-3-4-7-10-29-25(31)22-9-6-5-8-21(22)24(28-29)26(32)33-17-23(30)27-14-18-11-19(15-27)13-20(12-18)16-27/h5-6,8-9,18-20H,2-4,7,10-17H2,1H3. The van der Waals surface area contributed by atoms with Gasteiger partial charge in [-0.15, -0.1) is 0 Å². The average molecular weight is 451 g/mol. The maximum atomic E-state index is 13.3. The van der Waals surface area contributed by atoms with E-state index in [1.54, 1.807) is 24.3 Å². The van der Waals surface area contributed by atoms with Gasteiger partial charge < -0.3 is 4.74 Å². The van der Waals surface area contributed by atoms with Crippen LogP contribution in [0.2, 0.25) is 0 Å². The van der Waals surface area contributed by atoms with Crippen molar-refractivity contribution in [3.8, 4) is 0 Å². The summed E-state index contributed by atoms with van der Waals surface area (Å²) in [5.41, 5.74) is -0.356. The number of Topliss-reactive ketones (excluding diaryl/α,β-unsaturated/α-hetero) is 1. The first-order chi connectivity index (χ1) is 16.0. The highest BCUT2D eigenvalue weighted by Gasteiger charge is 2.54. The van der Waals surface area contributed by atoms with E-state index in [0.29, 0.717) is 35.1 Å². The SMILES string of the molecule is CCCCCCn1nc(C(=O)OCC(=O)C23CC4CC(CC(C4)C2)C3)c2ccccc2c1=O. The third-order valence-electron chi connectivity index (χ3n) is 8.25. The number of hydrogen-bond donors (Lipinski definition) is 0. The maximum Gasteiger partial charge on any atom is 0.359 e. The van der Waals surface area contributed by atoms with E-state index < -0.39 is 5.97 Å². The number of hydrogen-bond acceptors (Lipinski definition) is 5. The van der Waals surface area contributed by atoms with Crippen molar-refractivity contribution in [2.24, 2.45) is 23.2 Å². The van der Waals surface area contributed by atoms with Crippen LogP contribution in [-0.2, 0) is 16.1 Å². The lowest BCUT2D eigenvalue weighted by atomic mass is 9.48. The molecule has 4 fully saturated rings. The zero-order valence-corrected chi connectivity index (χ0v) is 19.6. The third-order valence-corrected chi connectivity index (χ3v) is 8.25. The van der Waals surface area contributed by atoms with E-state index in [1.165, 1.54) is 23.9 Å². The van der Waals surface area contributed by atoms with Gasteiger partial charge in [0.2, 0.25) is 0 Å². The van der Waals surface area contributed by atoms with Gasteiger partial charge in [0.15, 0.2) is 18.1 Å². The molecule has 0 spiro atoms. The largest absolute Gasteiger partial charge is 0.453 e. The minimum Gasteiger partial charge on any atom is -0.453 e. The molecule has 4 saturated carbocycles. The van der Waals surface area contributed by atoms with Crippen molar-refractivity contribution >= 4 is 22.5 Å². The van der Waals surface area contributed by atoms with Crippen LogP contribution in [0.3, 0.4) is 0 Å². The number of carbonyl (C=O) groups is 2. The van der Waals surface area contributed by atoms with Crippen LogP contribution in [0.4, 0.5) is 0 Å². The summed E-state index contributed by atoms with van der Waals surface area (Å²) in [6.07, 6.45) is 10.7. The summed E-state index contributed by atoms with van der Waals surface area (Å²) >= 11 is 0. The molecule has 6 heteroatoms. The Balaban J connectivity index is 1.33. The molecule has 0 N–H and O–H groups in total. The zero-order valence-electron chi connectivity index (χ0n) is 19.6. The molecule has 0 amide bonds. The number of esters is 1. The highest BCUT2D eigenvalue weighted by atomic mass is 16.5. The lowest BCUT2D eigenvalue weighted by molar-refractivity contribution is -0.147. The normalized spacial score (nSPS) is 27.7. The molecule has 0 radical (unpaired) electrons. The molecular weight excluding hydrogens is 416 g/mol. The predicted octanol–water partition coefficient (Wildman–Crippen LogP) is 4.92. The maximum absolute atomic E-state index is 13.3. The van der Waals surface area contributed by atoms with Crippen molar-refractivity contribution in [2.75, 3.05) is 6.61 Å². The molecule has 0 atom stereocenters. The van der Waals surface area contributed by atoms with Gasteiger partial charge in [0.1, 0.15) is 0 Å². The van der Waals surface area contributed by atoms with Crippen LogP contribution in [0.5, 0.6) is 0 Å². The van der Waals surface area contributed by atoms with E-state index in [-0.39, 0.29) is 29.1 Å². The van der Waals surface area contributed by atoms with Gasteiger partial charge in [0.05, 0.1) is 5.39 Å². The van der Waals surface area contributed by atoms with Gasteiger partial charge in [-0.25, -0.2) is 9.48 Å². The number of rotatable bonds is 9. The number of benzene rings is 1. The molecule has 33 heavy (non-hydrogen) atoms. The Bertz CT molecular complexity index is 1080. The van der Waals surface area contributed by atoms with Gasteiger partial charge in [-0.2, -0.15) is 5.10 Å². The summed E-state index contributed by atoms with van der Waals surface area (Å²) in [5, 5.41) is 5.33. The molecule has 1 aromatic heterocycles. The van der Waals surface area contributed by atoms with Crippen LogP contribution in [0.15, 0.2) is 29.1 Å². The van der Waals surface area contributed by atoms with Crippen LogP contribution in [0.25, 0.3) is 10.8 Å². The number of ketones is 1. The lowest BCUT2D eigenvalue weighted by Crippen LogP contribution is -2.51. The second-order valence-corrected chi connectivity index (χ2v) is 10.7. The summed E-state index contributed by atoms with van der Waals surface area (Å²) in [6, 6.07) is 7.02. The van der Waals surface area contributed by atoms with Crippen molar-refractivity contribution in [1.29, 1.82) is 0 Å². The number of aromatic nitrogens is 2. The van der Waals surface area contributed by atoms with Crippen molar-refractivity contribution in [1.82, 2.24) is 9.78 Å².